The van der Waals surface area contributed by atoms with Crippen LogP contribution < -0.4 is 10.6 Å². The first-order valence-corrected chi connectivity index (χ1v) is 13.5. The van der Waals surface area contributed by atoms with E-state index >= 15 is 0 Å². The van der Waals surface area contributed by atoms with E-state index in [9.17, 15) is 24.6 Å². The highest BCUT2D eigenvalue weighted by molar-refractivity contribution is 5.99. The molecular weight excluding hydrogens is 522 g/mol. The highest BCUT2D eigenvalue weighted by Gasteiger charge is 2.36. The fourth-order valence-corrected chi connectivity index (χ4v) is 4.41. The van der Waals surface area contributed by atoms with Crippen molar-refractivity contribution in [2.75, 3.05) is 18.5 Å². The lowest BCUT2D eigenvalue weighted by Gasteiger charge is -2.34. The minimum absolute atomic E-state index is 0.0420. The second-order valence-corrected chi connectivity index (χ2v) is 10.9. The van der Waals surface area contributed by atoms with E-state index in [1.165, 1.54) is 11.0 Å². The number of aliphatic hydroxyl groups is 1. The first-order valence-electron chi connectivity index (χ1n) is 13.5. The number of ether oxygens (including phenoxy) is 1. The monoisotopic (exact) mass is 561 g/mol. The Hall–Kier alpha value is -4.37. The molecule has 218 valence electrons. The van der Waals surface area contributed by atoms with Gasteiger partial charge in [-0.2, -0.15) is 0 Å². The number of hydrogen-bond donors (Lipinski definition) is 4. The summed E-state index contributed by atoms with van der Waals surface area (Å²) in [5.41, 5.74) is 2.34. The van der Waals surface area contributed by atoms with Gasteiger partial charge in [0.1, 0.15) is 23.4 Å². The Morgan fingerprint density at radius 2 is 1.59 bits per heavy atom. The minimum atomic E-state index is -1.19. The number of carbonyl (C=O) groups is 3. The molecule has 0 aliphatic heterocycles. The van der Waals surface area contributed by atoms with E-state index in [1.54, 1.807) is 52.0 Å². The van der Waals surface area contributed by atoms with Crippen LogP contribution in [0.25, 0.3) is 0 Å². The Kier molecular flexibility index (Phi) is 10.5. The van der Waals surface area contributed by atoms with E-state index < -0.39 is 42.2 Å². The molecule has 4 N–H and O–H groups in total. The van der Waals surface area contributed by atoms with Gasteiger partial charge in [-0.15, -0.1) is 0 Å². The number of para-hydroxylation sites is 1. The van der Waals surface area contributed by atoms with E-state index in [4.69, 9.17) is 4.74 Å². The number of rotatable bonds is 10. The summed E-state index contributed by atoms with van der Waals surface area (Å²) < 4.78 is 5.43. The summed E-state index contributed by atoms with van der Waals surface area (Å²) in [7, 11) is 0. The van der Waals surface area contributed by atoms with Crippen LogP contribution in [0.3, 0.4) is 0 Å². The smallest absolute Gasteiger partial charge is 0.408 e. The third kappa shape index (κ3) is 8.81. The lowest BCUT2D eigenvalue weighted by Crippen LogP contribution is -2.53. The Bertz CT molecular complexity index is 1350. The molecule has 0 aliphatic rings. The zero-order valence-electron chi connectivity index (χ0n) is 24.2. The van der Waals surface area contributed by atoms with Crippen LogP contribution in [0.5, 0.6) is 5.75 Å². The van der Waals surface area contributed by atoms with Gasteiger partial charge in [0.05, 0.1) is 6.61 Å². The maximum atomic E-state index is 14.2. The third-order valence-corrected chi connectivity index (χ3v) is 6.40. The molecule has 41 heavy (non-hydrogen) atoms. The van der Waals surface area contributed by atoms with Crippen LogP contribution in [0.2, 0.25) is 0 Å². The number of hydrogen-bond acceptors (Lipinski definition) is 6. The van der Waals surface area contributed by atoms with Crippen LogP contribution in [0.15, 0.2) is 72.8 Å². The number of nitrogens with zero attached hydrogens (tertiary/aromatic N) is 1. The number of carbonyl (C=O) groups excluding carboxylic acids is 3. The van der Waals surface area contributed by atoms with Crippen LogP contribution >= 0.6 is 0 Å². The molecule has 0 aliphatic carbocycles. The molecule has 0 saturated heterocycles. The summed E-state index contributed by atoms with van der Waals surface area (Å²) in [6, 6.07) is 18.8. The Balaban J connectivity index is 2.06. The average molecular weight is 562 g/mol. The Morgan fingerprint density at radius 3 is 2.20 bits per heavy atom. The number of aromatic hydroxyl groups is 1. The Labute approximate surface area is 241 Å². The topological polar surface area (TPSA) is 128 Å². The molecule has 0 aromatic heterocycles. The van der Waals surface area contributed by atoms with Crippen LogP contribution in [0.4, 0.5) is 10.5 Å². The number of amides is 3. The maximum Gasteiger partial charge on any atom is 0.408 e. The zero-order valence-corrected chi connectivity index (χ0v) is 24.2. The molecule has 3 aromatic carbocycles. The SMILES string of the molecule is Cc1cc(C(C(=O)Nc2ccccc2C)N(CCO)C(=O)C(Cc2ccccc2)NC(=O)OC(C)(C)C)ccc1O. The van der Waals surface area contributed by atoms with Gasteiger partial charge in [0, 0.05) is 18.7 Å². The molecule has 0 fully saturated rings. The van der Waals surface area contributed by atoms with E-state index in [1.807, 2.05) is 49.4 Å². The largest absolute Gasteiger partial charge is 0.508 e. The van der Waals surface area contributed by atoms with Crippen LogP contribution in [-0.4, -0.2) is 57.8 Å². The number of phenolic OH excluding ortho intramolecular Hbond substituents is 1. The molecule has 9 nitrogen and oxygen atoms in total. The highest BCUT2D eigenvalue weighted by atomic mass is 16.6. The third-order valence-electron chi connectivity index (χ3n) is 6.40. The molecule has 0 bridgehead atoms. The molecule has 3 amide bonds. The van der Waals surface area contributed by atoms with Crippen molar-refractivity contribution < 1.29 is 29.3 Å². The molecule has 2 unspecified atom stereocenters. The predicted molar refractivity (Wildman–Crippen MR) is 157 cm³/mol. The van der Waals surface area contributed by atoms with Crippen molar-refractivity contribution in [2.24, 2.45) is 0 Å². The van der Waals surface area contributed by atoms with Crippen molar-refractivity contribution in [3.05, 3.63) is 95.1 Å². The maximum absolute atomic E-state index is 14.2. The standard InChI is InChI=1S/C32H39N3O6/c1-21-11-9-10-14-25(21)33-29(38)28(24-15-16-27(37)22(2)19-24)35(17-18-36)30(39)26(20-23-12-7-6-8-13-23)34-31(40)41-32(3,4)5/h6-16,19,26,28,36-37H,17-18,20H2,1-5H3,(H,33,38)(H,34,40). The van der Waals surface area contributed by atoms with Crippen molar-refractivity contribution >= 4 is 23.6 Å². The number of benzene rings is 3. The van der Waals surface area contributed by atoms with Crippen molar-refractivity contribution in [1.82, 2.24) is 10.2 Å². The van der Waals surface area contributed by atoms with Gasteiger partial charge in [0.15, 0.2) is 0 Å². The van der Waals surface area contributed by atoms with Crippen LogP contribution in [0.1, 0.15) is 49.1 Å². The molecular formula is C32H39N3O6. The summed E-state index contributed by atoms with van der Waals surface area (Å²) in [6.07, 6.45) is -0.654. The molecule has 0 spiro atoms. The van der Waals surface area contributed by atoms with Gasteiger partial charge in [-0.05, 0) is 75.1 Å². The molecule has 0 saturated carbocycles. The van der Waals surface area contributed by atoms with E-state index in [2.05, 4.69) is 10.6 Å². The Morgan fingerprint density at radius 1 is 0.927 bits per heavy atom. The van der Waals surface area contributed by atoms with E-state index in [0.717, 1.165) is 11.1 Å². The second kappa shape index (κ2) is 13.8. The molecule has 9 heteroatoms. The summed E-state index contributed by atoms with van der Waals surface area (Å²) in [5, 5.41) is 25.8. The number of nitrogens with one attached hydrogen (secondary N) is 2. The van der Waals surface area contributed by atoms with E-state index in [0.29, 0.717) is 16.8 Å². The van der Waals surface area contributed by atoms with Crippen molar-refractivity contribution in [3.63, 3.8) is 0 Å². The average Bonchev–Trinajstić information content (AvgIpc) is 2.90. The van der Waals surface area contributed by atoms with Gasteiger partial charge in [-0.1, -0.05) is 54.6 Å². The first kappa shape index (κ1) is 31.2. The molecule has 3 rings (SSSR count). The summed E-state index contributed by atoms with van der Waals surface area (Å²) in [4.78, 5) is 42.2. The van der Waals surface area contributed by atoms with Crippen LogP contribution in [0, 0.1) is 13.8 Å². The van der Waals surface area contributed by atoms with Crippen LogP contribution in [-0.2, 0) is 20.7 Å². The van der Waals surface area contributed by atoms with Gasteiger partial charge < -0.3 is 30.5 Å². The quantitative estimate of drug-likeness (QED) is 0.285. The first-order chi connectivity index (χ1) is 19.4. The van der Waals surface area contributed by atoms with Crippen molar-refractivity contribution in [2.45, 2.75) is 58.7 Å². The zero-order chi connectivity index (χ0) is 30.2. The summed E-state index contributed by atoms with van der Waals surface area (Å²) in [6.45, 7) is 8.09. The lowest BCUT2D eigenvalue weighted by atomic mass is 9.98. The number of anilines is 1. The molecule has 2 atom stereocenters. The molecule has 0 heterocycles. The van der Waals surface area contributed by atoms with E-state index in [-0.39, 0.29) is 18.7 Å². The van der Waals surface area contributed by atoms with Gasteiger partial charge in [-0.3, -0.25) is 9.59 Å². The number of phenols is 1. The predicted octanol–water partition coefficient (Wildman–Crippen LogP) is 4.65. The highest BCUT2D eigenvalue weighted by Crippen LogP contribution is 2.29. The normalized spacial score (nSPS) is 12.6. The van der Waals surface area contributed by atoms with Gasteiger partial charge in [-0.25, -0.2) is 4.79 Å². The van der Waals surface area contributed by atoms with Crippen molar-refractivity contribution in [3.8, 4) is 5.75 Å². The van der Waals surface area contributed by atoms with Gasteiger partial charge >= 0.3 is 6.09 Å². The summed E-state index contributed by atoms with van der Waals surface area (Å²) >= 11 is 0. The molecule has 3 aromatic rings. The number of alkyl carbamates (subject to hydrolysis) is 1. The second-order valence-electron chi connectivity index (χ2n) is 10.9. The fourth-order valence-electron chi connectivity index (χ4n) is 4.41. The van der Waals surface area contributed by atoms with Gasteiger partial charge in [0.2, 0.25) is 5.91 Å². The summed E-state index contributed by atoms with van der Waals surface area (Å²) in [5.74, 6) is -1.05. The number of aryl methyl sites for hydroxylation is 2. The fraction of sp³-hybridized carbons (Fsp3) is 0.344. The molecule has 0 radical (unpaired) electrons. The number of aliphatic hydroxyl groups excluding tert-OH is 1. The van der Waals surface area contributed by atoms with Crippen molar-refractivity contribution in [1.29, 1.82) is 0 Å². The van der Waals surface area contributed by atoms with Gasteiger partial charge in [0.25, 0.3) is 5.91 Å². The lowest BCUT2D eigenvalue weighted by molar-refractivity contribution is -0.141. The minimum Gasteiger partial charge on any atom is -0.508 e.